The number of benzene rings is 2. The molecule has 0 amide bonds. The molecule has 0 saturated carbocycles. The van der Waals surface area contributed by atoms with E-state index in [9.17, 15) is 18.0 Å². The number of rotatable bonds is 6. The highest BCUT2D eigenvalue weighted by Crippen LogP contribution is 2.35. The lowest BCUT2D eigenvalue weighted by Crippen LogP contribution is -2.17. The Hall–Kier alpha value is -3.59. The summed E-state index contributed by atoms with van der Waals surface area (Å²) < 4.78 is 52.2. The first-order chi connectivity index (χ1) is 17.0. The minimum absolute atomic E-state index is 0.0853. The number of halogens is 3. The molecule has 0 saturated heterocycles. The fourth-order valence-electron chi connectivity index (χ4n) is 3.55. The largest absolute Gasteiger partial charge is 0.493 e. The van der Waals surface area contributed by atoms with Gasteiger partial charge < -0.3 is 9.47 Å². The molecule has 0 bridgehead atoms. The van der Waals surface area contributed by atoms with Crippen molar-refractivity contribution < 1.29 is 22.6 Å². The SMILES string of the molecule is COc1cccc(C=Cc2nc3sccn3c(=O)c2-c2ccc(C(F)(F)F)cc2)c1OCC(C)(C)C. The van der Waals surface area contributed by atoms with Crippen LogP contribution >= 0.6 is 11.3 Å². The molecule has 0 unspecified atom stereocenters. The molecular weight excluding hydrogens is 489 g/mol. The molecule has 0 aliphatic heterocycles. The Morgan fingerprint density at radius 3 is 2.42 bits per heavy atom. The Labute approximate surface area is 210 Å². The van der Waals surface area contributed by atoms with Crippen molar-refractivity contribution in [1.82, 2.24) is 9.38 Å². The van der Waals surface area contributed by atoms with Gasteiger partial charge in [0.05, 0.1) is 30.5 Å². The number of para-hydroxylation sites is 1. The van der Waals surface area contributed by atoms with E-state index in [1.807, 2.05) is 12.1 Å². The van der Waals surface area contributed by atoms with Crippen LogP contribution < -0.4 is 15.0 Å². The van der Waals surface area contributed by atoms with Gasteiger partial charge in [-0.25, -0.2) is 4.98 Å². The van der Waals surface area contributed by atoms with Gasteiger partial charge in [0.25, 0.3) is 5.56 Å². The molecule has 0 atom stereocenters. The van der Waals surface area contributed by atoms with Gasteiger partial charge >= 0.3 is 6.18 Å². The van der Waals surface area contributed by atoms with Gasteiger partial charge in [-0.05, 0) is 41.3 Å². The first-order valence-corrected chi connectivity index (χ1v) is 12.0. The zero-order valence-electron chi connectivity index (χ0n) is 20.2. The van der Waals surface area contributed by atoms with E-state index in [1.165, 1.54) is 27.9 Å². The minimum Gasteiger partial charge on any atom is -0.493 e. The van der Waals surface area contributed by atoms with Crippen LogP contribution in [0.15, 0.2) is 58.8 Å². The fourth-order valence-corrected chi connectivity index (χ4v) is 4.26. The van der Waals surface area contributed by atoms with Gasteiger partial charge in [0, 0.05) is 17.1 Å². The van der Waals surface area contributed by atoms with Gasteiger partial charge in [0.2, 0.25) is 0 Å². The molecular formula is C27H25F3N2O3S. The van der Waals surface area contributed by atoms with Crippen LogP contribution in [0.3, 0.4) is 0 Å². The number of aromatic nitrogens is 2. The van der Waals surface area contributed by atoms with Crippen LogP contribution in [0.1, 0.15) is 37.6 Å². The summed E-state index contributed by atoms with van der Waals surface area (Å²) in [5, 5.41) is 1.73. The van der Waals surface area contributed by atoms with Crippen molar-refractivity contribution in [3.05, 3.63) is 81.2 Å². The van der Waals surface area contributed by atoms with Crippen LogP contribution in [0.25, 0.3) is 28.2 Å². The van der Waals surface area contributed by atoms with Crippen LogP contribution in [0.4, 0.5) is 13.2 Å². The van der Waals surface area contributed by atoms with Crippen LogP contribution in [0.2, 0.25) is 0 Å². The van der Waals surface area contributed by atoms with E-state index in [0.29, 0.717) is 39.9 Å². The summed E-state index contributed by atoms with van der Waals surface area (Å²) >= 11 is 1.29. The molecule has 5 nitrogen and oxygen atoms in total. The molecule has 0 fully saturated rings. The van der Waals surface area contributed by atoms with Crippen molar-refractivity contribution in [2.24, 2.45) is 5.41 Å². The molecule has 9 heteroatoms. The van der Waals surface area contributed by atoms with E-state index < -0.39 is 11.7 Å². The second-order valence-corrected chi connectivity index (χ2v) is 10.2. The highest BCUT2D eigenvalue weighted by atomic mass is 32.1. The highest BCUT2D eigenvalue weighted by Gasteiger charge is 2.30. The second-order valence-electron chi connectivity index (χ2n) is 9.37. The lowest BCUT2D eigenvalue weighted by molar-refractivity contribution is -0.137. The van der Waals surface area contributed by atoms with Crippen LogP contribution in [0, 0.1) is 5.41 Å². The average Bonchev–Trinajstić information content (AvgIpc) is 3.29. The van der Waals surface area contributed by atoms with Gasteiger partial charge in [-0.2, -0.15) is 13.2 Å². The first kappa shape index (κ1) is 25.5. The molecule has 0 aliphatic carbocycles. The molecule has 0 N–H and O–H groups in total. The van der Waals surface area contributed by atoms with Crippen molar-refractivity contribution in [3.63, 3.8) is 0 Å². The maximum absolute atomic E-state index is 13.3. The maximum Gasteiger partial charge on any atom is 0.416 e. The van der Waals surface area contributed by atoms with E-state index in [-0.39, 0.29) is 16.5 Å². The molecule has 2 heterocycles. The Bertz CT molecular complexity index is 1460. The van der Waals surface area contributed by atoms with E-state index >= 15 is 0 Å². The summed E-state index contributed by atoms with van der Waals surface area (Å²) in [5.74, 6) is 1.11. The van der Waals surface area contributed by atoms with Gasteiger partial charge in [-0.3, -0.25) is 9.20 Å². The van der Waals surface area contributed by atoms with Crippen molar-refractivity contribution in [3.8, 4) is 22.6 Å². The van der Waals surface area contributed by atoms with Gasteiger partial charge in [-0.1, -0.05) is 45.0 Å². The Kier molecular flexibility index (Phi) is 6.95. The Morgan fingerprint density at radius 1 is 1.06 bits per heavy atom. The van der Waals surface area contributed by atoms with E-state index in [0.717, 1.165) is 12.1 Å². The molecule has 0 aliphatic rings. The molecule has 2 aromatic carbocycles. The smallest absolute Gasteiger partial charge is 0.416 e. The average molecular weight is 515 g/mol. The van der Waals surface area contributed by atoms with Crippen LogP contribution in [-0.2, 0) is 6.18 Å². The van der Waals surface area contributed by atoms with Crippen molar-refractivity contribution in [2.75, 3.05) is 13.7 Å². The molecule has 36 heavy (non-hydrogen) atoms. The number of thiazole rings is 1. The van der Waals surface area contributed by atoms with Crippen LogP contribution in [-0.4, -0.2) is 23.1 Å². The number of hydrogen-bond donors (Lipinski definition) is 0. The molecule has 4 aromatic rings. The topological polar surface area (TPSA) is 52.8 Å². The molecule has 2 aromatic heterocycles. The normalized spacial score (nSPS) is 12.4. The van der Waals surface area contributed by atoms with Crippen molar-refractivity contribution >= 4 is 28.4 Å². The number of nitrogens with zero attached hydrogens (tertiary/aromatic N) is 2. The van der Waals surface area contributed by atoms with E-state index in [4.69, 9.17) is 9.47 Å². The number of fused-ring (bicyclic) bond motifs is 1. The number of alkyl halides is 3. The van der Waals surface area contributed by atoms with Gasteiger partial charge in [-0.15, -0.1) is 11.3 Å². The fraction of sp³-hybridized carbons (Fsp3) is 0.259. The summed E-state index contributed by atoms with van der Waals surface area (Å²) in [6.45, 7) is 6.62. The quantitative estimate of drug-likeness (QED) is 0.277. The molecule has 188 valence electrons. The summed E-state index contributed by atoms with van der Waals surface area (Å²) in [7, 11) is 1.56. The number of methoxy groups -OCH3 is 1. The van der Waals surface area contributed by atoms with Crippen molar-refractivity contribution in [2.45, 2.75) is 26.9 Å². The summed E-state index contributed by atoms with van der Waals surface area (Å²) in [6.07, 6.45) is 0.561. The summed E-state index contributed by atoms with van der Waals surface area (Å²) in [4.78, 5) is 18.4. The van der Waals surface area contributed by atoms with Gasteiger partial charge in [0.1, 0.15) is 0 Å². The predicted octanol–water partition coefficient (Wildman–Crippen LogP) is 7.05. The summed E-state index contributed by atoms with van der Waals surface area (Å²) in [6, 6.07) is 9.98. The van der Waals surface area contributed by atoms with E-state index in [2.05, 4.69) is 25.8 Å². The lowest BCUT2D eigenvalue weighted by atomic mass is 9.98. The third kappa shape index (κ3) is 5.46. The third-order valence-electron chi connectivity index (χ3n) is 5.29. The number of ether oxygens (including phenoxy) is 2. The second kappa shape index (κ2) is 9.81. The standard InChI is InChI=1S/C27H25F3N2O3S/c1-26(2,3)16-35-23-18(6-5-7-21(23)34-4)10-13-20-22(24(33)32-14-15-36-25(32)31-20)17-8-11-19(12-9-17)27(28,29)30/h5-15H,16H2,1-4H3. The monoisotopic (exact) mass is 514 g/mol. The first-order valence-electron chi connectivity index (χ1n) is 11.1. The zero-order chi connectivity index (χ0) is 26.1. The number of hydrogen-bond acceptors (Lipinski definition) is 5. The highest BCUT2D eigenvalue weighted by molar-refractivity contribution is 7.15. The van der Waals surface area contributed by atoms with E-state index in [1.54, 1.807) is 36.9 Å². The maximum atomic E-state index is 13.3. The predicted molar refractivity (Wildman–Crippen MR) is 137 cm³/mol. The molecule has 4 rings (SSSR count). The Morgan fingerprint density at radius 2 is 1.78 bits per heavy atom. The van der Waals surface area contributed by atoms with Gasteiger partial charge in [0.15, 0.2) is 16.5 Å². The lowest BCUT2D eigenvalue weighted by Gasteiger charge is -2.21. The summed E-state index contributed by atoms with van der Waals surface area (Å²) in [5.41, 5.74) is 0.363. The Balaban J connectivity index is 1.82. The molecule has 0 radical (unpaired) electrons. The van der Waals surface area contributed by atoms with Crippen LogP contribution in [0.5, 0.6) is 11.5 Å². The van der Waals surface area contributed by atoms with Crippen molar-refractivity contribution in [1.29, 1.82) is 0 Å². The zero-order valence-corrected chi connectivity index (χ0v) is 21.0. The minimum atomic E-state index is -4.47. The third-order valence-corrected chi connectivity index (χ3v) is 6.05. The molecule has 0 spiro atoms.